The Kier molecular flexibility index (Phi) is 7.51. The lowest BCUT2D eigenvalue weighted by molar-refractivity contribution is -0.115. The molecule has 0 aliphatic heterocycles. The molecule has 2 aromatic carbocycles. The lowest BCUT2D eigenvalue weighted by Gasteiger charge is -2.17. The summed E-state index contributed by atoms with van der Waals surface area (Å²) in [6.07, 6.45) is 2.00. The van der Waals surface area contributed by atoms with Gasteiger partial charge in [0.05, 0.1) is 34.3 Å². The molecule has 0 spiro atoms. The number of hydrogen-bond acceptors (Lipinski definition) is 6. The van der Waals surface area contributed by atoms with E-state index in [0.29, 0.717) is 6.42 Å². The molecule has 0 saturated carbocycles. The SMILES string of the molecule is CCOC(=O)c1cnn(-c2ccccc2)c1NC(=O)C(CC)Sc1cc(C)c2cccc(C)c2n1. The topological polar surface area (TPSA) is 86.1 Å². The number of nitrogens with zero attached hydrogens (tertiary/aromatic N) is 3. The van der Waals surface area contributed by atoms with Gasteiger partial charge in [-0.15, -0.1) is 0 Å². The average molecular weight is 489 g/mol. The minimum atomic E-state index is -0.534. The molecule has 8 heteroatoms. The molecule has 180 valence electrons. The van der Waals surface area contributed by atoms with Gasteiger partial charge in [0.2, 0.25) is 5.91 Å². The molecule has 1 atom stereocenters. The second kappa shape index (κ2) is 10.7. The summed E-state index contributed by atoms with van der Waals surface area (Å²) in [5.74, 6) is -0.477. The largest absolute Gasteiger partial charge is 0.462 e. The molecule has 0 radical (unpaired) electrons. The minimum Gasteiger partial charge on any atom is -0.462 e. The third-order valence-electron chi connectivity index (χ3n) is 5.66. The molecule has 1 N–H and O–H groups in total. The molecule has 1 unspecified atom stereocenters. The predicted molar refractivity (Wildman–Crippen MR) is 139 cm³/mol. The van der Waals surface area contributed by atoms with Gasteiger partial charge in [-0.2, -0.15) is 5.10 Å². The highest BCUT2D eigenvalue weighted by atomic mass is 32.2. The fourth-order valence-corrected chi connectivity index (χ4v) is 4.86. The van der Waals surface area contributed by atoms with E-state index in [4.69, 9.17) is 9.72 Å². The van der Waals surface area contributed by atoms with Crippen LogP contribution in [0.25, 0.3) is 16.6 Å². The molecule has 1 amide bonds. The van der Waals surface area contributed by atoms with E-state index in [1.165, 1.54) is 18.0 Å². The smallest absolute Gasteiger partial charge is 0.343 e. The quantitative estimate of drug-likeness (QED) is 0.252. The van der Waals surface area contributed by atoms with Crippen molar-refractivity contribution in [3.05, 3.63) is 77.5 Å². The number of ether oxygens (including phenoxy) is 1. The Labute approximate surface area is 208 Å². The Morgan fingerprint density at radius 1 is 1.06 bits per heavy atom. The van der Waals surface area contributed by atoms with E-state index in [1.807, 2.05) is 62.4 Å². The first-order valence-corrected chi connectivity index (χ1v) is 12.5. The number of aryl methyl sites for hydroxylation is 2. The molecular formula is C27H28N4O3S. The third kappa shape index (κ3) is 5.22. The molecule has 0 aliphatic carbocycles. The summed E-state index contributed by atoms with van der Waals surface area (Å²) in [5, 5.41) is 8.77. The average Bonchev–Trinajstić information content (AvgIpc) is 3.27. The van der Waals surface area contributed by atoms with Crippen LogP contribution in [-0.4, -0.2) is 38.5 Å². The zero-order chi connectivity index (χ0) is 24.9. The monoisotopic (exact) mass is 488 g/mol. The number of pyridine rings is 1. The van der Waals surface area contributed by atoms with Crippen LogP contribution in [0.5, 0.6) is 0 Å². The Morgan fingerprint density at radius 3 is 2.54 bits per heavy atom. The molecule has 0 saturated heterocycles. The number of rotatable bonds is 8. The van der Waals surface area contributed by atoms with Crippen molar-refractivity contribution in [2.75, 3.05) is 11.9 Å². The number of para-hydroxylation sites is 2. The molecule has 35 heavy (non-hydrogen) atoms. The maximum absolute atomic E-state index is 13.4. The molecule has 2 aromatic heterocycles. The molecule has 2 heterocycles. The van der Waals surface area contributed by atoms with Gasteiger partial charge < -0.3 is 10.1 Å². The Morgan fingerprint density at radius 2 is 1.83 bits per heavy atom. The lowest BCUT2D eigenvalue weighted by atomic mass is 10.1. The van der Waals surface area contributed by atoms with E-state index >= 15 is 0 Å². The van der Waals surface area contributed by atoms with E-state index < -0.39 is 11.2 Å². The van der Waals surface area contributed by atoms with Gasteiger partial charge in [0.1, 0.15) is 5.56 Å². The van der Waals surface area contributed by atoms with Crippen LogP contribution >= 0.6 is 11.8 Å². The second-order valence-electron chi connectivity index (χ2n) is 8.13. The molecular weight excluding hydrogens is 460 g/mol. The van der Waals surface area contributed by atoms with Crippen LogP contribution in [0.4, 0.5) is 5.82 Å². The number of anilines is 1. The fourth-order valence-electron chi connectivity index (χ4n) is 3.85. The number of hydrogen-bond donors (Lipinski definition) is 1. The van der Waals surface area contributed by atoms with Crippen LogP contribution in [-0.2, 0) is 9.53 Å². The summed E-state index contributed by atoms with van der Waals surface area (Å²) in [6.45, 7) is 8.01. The van der Waals surface area contributed by atoms with Crippen LogP contribution in [0.1, 0.15) is 41.8 Å². The van der Waals surface area contributed by atoms with Crippen LogP contribution in [0, 0.1) is 13.8 Å². The van der Waals surface area contributed by atoms with Crippen molar-refractivity contribution < 1.29 is 14.3 Å². The van der Waals surface area contributed by atoms with E-state index in [-0.39, 0.29) is 23.9 Å². The second-order valence-corrected chi connectivity index (χ2v) is 9.35. The van der Waals surface area contributed by atoms with Crippen molar-refractivity contribution in [2.24, 2.45) is 0 Å². The minimum absolute atomic E-state index is 0.208. The van der Waals surface area contributed by atoms with E-state index in [0.717, 1.165) is 32.7 Å². The number of esters is 1. The Hall–Kier alpha value is -3.65. The van der Waals surface area contributed by atoms with Crippen molar-refractivity contribution in [3.63, 3.8) is 0 Å². The summed E-state index contributed by atoms with van der Waals surface area (Å²) in [4.78, 5) is 30.8. The van der Waals surface area contributed by atoms with Gasteiger partial charge in [-0.3, -0.25) is 4.79 Å². The number of benzene rings is 2. The summed E-state index contributed by atoms with van der Waals surface area (Å²) < 4.78 is 6.73. The maximum Gasteiger partial charge on any atom is 0.343 e. The van der Waals surface area contributed by atoms with Gasteiger partial charge in [0, 0.05) is 5.39 Å². The van der Waals surface area contributed by atoms with Crippen molar-refractivity contribution in [3.8, 4) is 5.69 Å². The molecule has 4 rings (SSSR count). The molecule has 4 aromatic rings. The summed E-state index contributed by atoms with van der Waals surface area (Å²) in [7, 11) is 0. The molecule has 0 aliphatic rings. The van der Waals surface area contributed by atoms with Crippen molar-refractivity contribution in [1.82, 2.24) is 14.8 Å². The van der Waals surface area contributed by atoms with Crippen molar-refractivity contribution in [2.45, 2.75) is 44.4 Å². The van der Waals surface area contributed by atoms with Crippen LogP contribution in [0.15, 0.2) is 65.8 Å². The van der Waals surface area contributed by atoms with Crippen LogP contribution in [0.3, 0.4) is 0 Å². The highest BCUT2D eigenvalue weighted by molar-refractivity contribution is 8.00. The molecule has 0 bridgehead atoms. The highest BCUT2D eigenvalue weighted by Gasteiger charge is 2.26. The Bertz CT molecular complexity index is 1370. The number of fused-ring (bicyclic) bond motifs is 1. The first-order valence-electron chi connectivity index (χ1n) is 11.6. The zero-order valence-corrected chi connectivity index (χ0v) is 21.1. The molecule has 0 fully saturated rings. The number of aromatic nitrogens is 3. The van der Waals surface area contributed by atoms with Gasteiger partial charge >= 0.3 is 5.97 Å². The van der Waals surface area contributed by atoms with E-state index in [2.05, 4.69) is 23.4 Å². The van der Waals surface area contributed by atoms with Gasteiger partial charge in [-0.25, -0.2) is 14.5 Å². The number of nitrogens with one attached hydrogen (secondary N) is 1. The van der Waals surface area contributed by atoms with E-state index in [9.17, 15) is 9.59 Å². The number of carbonyl (C=O) groups excluding carboxylic acids is 2. The summed E-state index contributed by atoms with van der Waals surface area (Å²) in [6, 6.07) is 17.5. The van der Waals surface area contributed by atoms with Gasteiger partial charge in [-0.05, 0) is 56.5 Å². The Balaban J connectivity index is 1.64. The van der Waals surface area contributed by atoms with Gasteiger partial charge in [0.25, 0.3) is 0 Å². The number of amides is 1. The van der Waals surface area contributed by atoms with Gasteiger partial charge in [0.15, 0.2) is 5.82 Å². The maximum atomic E-state index is 13.4. The number of thioether (sulfide) groups is 1. The highest BCUT2D eigenvalue weighted by Crippen LogP contribution is 2.30. The lowest BCUT2D eigenvalue weighted by Crippen LogP contribution is -2.27. The van der Waals surface area contributed by atoms with Gasteiger partial charge in [-0.1, -0.05) is 55.1 Å². The molecule has 7 nitrogen and oxygen atoms in total. The standard InChI is InChI=1S/C27H28N4O3S/c1-5-22(35-23-15-18(4)20-14-10-11-17(3)24(20)29-23)26(32)30-25-21(27(33)34-6-2)16-28-31(25)19-12-8-7-9-13-19/h7-16,22H,5-6H2,1-4H3,(H,30,32). The number of carbonyl (C=O) groups is 2. The van der Waals surface area contributed by atoms with E-state index in [1.54, 1.807) is 11.6 Å². The van der Waals surface area contributed by atoms with Crippen LogP contribution in [0.2, 0.25) is 0 Å². The summed E-state index contributed by atoms with van der Waals surface area (Å²) >= 11 is 1.41. The van der Waals surface area contributed by atoms with Crippen LogP contribution < -0.4 is 5.32 Å². The predicted octanol–water partition coefficient (Wildman–Crippen LogP) is 5.72. The summed E-state index contributed by atoms with van der Waals surface area (Å²) in [5.41, 5.74) is 4.08. The first kappa shape index (κ1) is 24.5. The normalized spacial score (nSPS) is 11.9. The third-order valence-corrected chi connectivity index (χ3v) is 6.94. The fraction of sp³-hybridized carbons (Fsp3) is 0.259. The zero-order valence-electron chi connectivity index (χ0n) is 20.2. The first-order chi connectivity index (χ1) is 16.9. The van der Waals surface area contributed by atoms with Crippen molar-refractivity contribution in [1.29, 1.82) is 0 Å². The van der Waals surface area contributed by atoms with Crippen molar-refractivity contribution >= 4 is 40.4 Å².